The van der Waals surface area contributed by atoms with E-state index in [1.165, 1.54) is 5.56 Å². The van der Waals surface area contributed by atoms with Crippen LogP contribution in [0.4, 0.5) is 0 Å². The van der Waals surface area contributed by atoms with Gasteiger partial charge in [-0.2, -0.15) is 14.0 Å². The van der Waals surface area contributed by atoms with Crippen LogP contribution in [0.3, 0.4) is 0 Å². The van der Waals surface area contributed by atoms with Crippen molar-refractivity contribution in [2.75, 3.05) is 0 Å². The highest BCUT2D eigenvalue weighted by Gasteiger charge is 2.06. The van der Waals surface area contributed by atoms with Crippen molar-refractivity contribution in [1.82, 2.24) is 0 Å². The zero-order valence-corrected chi connectivity index (χ0v) is 16.2. The normalized spacial score (nSPS) is 12.0. The van der Waals surface area contributed by atoms with E-state index in [1.807, 2.05) is 54.6 Å². The zero-order chi connectivity index (χ0) is 20.9. The van der Waals surface area contributed by atoms with Crippen molar-refractivity contribution in [2.45, 2.75) is 13.5 Å². The van der Waals surface area contributed by atoms with Gasteiger partial charge < -0.3 is 8.83 Å². The molecular weight excluding hydrogens is 398 g/mol. The molecular formula is C21H18ClNO6. The Balaban J connectivity index is 0.000000431. The van der Waals surface area contributed by atoms with E-state index in [2.05, 4.69) is 19.1 Å². The minimum Gasteiger partial charge on any atom is -0.467 e. The predicted molar refractivity (Wildman–Crippen MR) is 96.6 cm³/mol. The van der Waals surface area contributed by atoms with E-state index in [9.17, 15) is 0 Å². The van der Waals surface area contributed by atoms with Gasteiger partial charge in [0.25, 0.3) is 0 Å². The van der Waals surface area contributed by atoms with Gasteiger partial charge in [-0.25, -0.2) is 0 Å². The molecule has 0 radical (unpaired) electrons. The van der Waals surface area contributed by atoms with Gasteiger partial charge in [0, 0.05) is 17.0 Å². The first-order valence-electron chi connectivity index (χ1n) is 8.55. The molecule has 2 aromatic carbocycles. The largest absolute Gasteiger partial charge is 0.467 e. The summed E-state index contributed by atoms with van der Waals surface area (Å²) in [5, 5.41) is 1.93. The minimum atomic E-state index is -4.69. The van der Waals surface area contributed by atoms with Gasteiger partial charge >= 0.3 is 0 Å². The average molecular weight is 416 g/mol. The summed E-state index contributed by atoms with van der Waals surface area (Å²) in [6.07, 6.45) is 1.67. The molecule has 0 atom stereocenters. The number of hydrogen-bond donors (Lipinski definition) is 1. The van der Waals surface area contributed by atoms with Crippen LogP contribution in [0.1, 0.15) is 11.3 Å². The van der Waals surface area contributed by atoms with Gasteiger partial charge in [0.05, 0.1) is 33.1 Å². The fourth-order valence-corrected chi connectivity index (χ4v) is 2.72. The summed E-state index contributed by atoms with van der Waals surface area (Å²) in [5.74, 6) is 1.66. The van der Waals surface area contributed by atoms with Crippen LogP contribution in [-0.2, 0) is 6.54 Å². The van der Waals surface area contributed by atoms with E-state index in [-0.39, 0.29) is 0 Å². The molecule has 0 unspecified atom stereocenters. The van der Waals surface area contributed by atoms with Crippen molar-refractivity contribution < 1.29 is 37.7 Å². The Labute approximate surface area is 168 Å². The average Bonchev–Trinajstić information content (AvgIpc) is 3.19. The number of nitrogens with zero attached hydrogens (tertiary/aromatic N) is 1. The van der Waals surface area contributed by atoms with Crippen molar-refractivity contribution in [3.63, 3.8) is 0 Å². The summed E-state index contributed by atoms with van der Waals surface area (Å²) in [5.41, 5.74) is 3.05. The molecule has 8 heteroatoms. The summed E-state index contributed by atoms with van der Waals surface area (Å²) in [7, 11) is -4.69. The van der Waals surface area contributed by atoms with E-state index in [1.54, 1.807) is 6.26 Å². The van der Waals surface area contributed by atoms with Crippen molar-refractivity contribution in [3.8, 4) is 11.3 Å². The van der Waals surface area contributed by atoms with Crippen LogP contribution in [0.25, 0.3) is 22.3 Å². The van der Waals surface area contributed by atoms with Gasteiger partial charge in [-0.15, -0.1) is 0 Å². The minimum absolute atomic E-state index is 0.508. The first kappa shape index (κ1) is 20.8. The Bertz CT molecular complexity index is 1130. The lowest BCUT2D eigenvalue weighted by Gasteiger charge is -2.05. The second-order valence-corrected chi connectivity index (χ2v) is 6.95. The first-order chi connectivity index (χ1) is 13.8. The van der Waals surface area contributed by atoms with Gasteiger partial charge in [0.1, 0.15) is 17.1 Å². The molecule has 29 heavy (non-hydrogen) atoms. The number of halogens is 1. The molecule has 1 N–H and O–H groups in total. The molecule has 0 spiro atoms. The monoisotopic (exact) mass is 415 g/mol. The molecule has 0 saturated heterocycles. The van der Waals surface area contributed by atoms with Gasteiger partial charge in [-0.1, -0.05) is 42.0 Å². The van der Waals surface area contributed by atoms with Crippen LogP contribution in [0, 0.1) is 17.2 Å². The maximum Gasteiger partial charge on any atom is 0.136 e. The standard InChI is InChI=1S/C21H17NO2.ClHO4/c1-15-9-10-20-18(12-15)19(22-14-17-8-5-11-23-17)13-21(24-20)16-6-3-2-4-7-16;2-1(3,4)5/h2-13H,14H2,1H3;(H,2,3,4,5). The van der Waals surface area contributed by atoms with E-state index in [4.69, 9.17) is 32.5 Å². The van der Waals surface area contributed by atoms with E-state index >= 15 is 0 Å². The molecule has 150 valence electrons. The molecule has 7 nitrogen and oxygen atoms in total. The molecule has 0 saturated carbocycles. The molecule has 2 heterocycles. The molecule has 0 aliphatic heterocycles. The lowest BCUT2D eigenvalue weighted by atomic mass is 10.1. The third kappa shape index (κ3) is 6.28. The van der Waals surface area contributed by atoms with Crippen LogP contribution < -0.4 is 19.3 Å². The van der Waals surface area contributed by atoms with E-state index in [0.717, 1.165) is 33.4 Å². The maximum absolute atomic E-state index is 8.60. The Morgan fingerprint density at radius 3 is 2.34 bits per heavy atom. The topological polar surface area (TPSA) is 128 Å². The molecule has 0 fully saturated rings. The zero-order valence-electron chi connectivity index (χ0n) is 15.4. The van der Waals surface area contributed by atoms with Gasteiger partial charge in [-0.05, 0) is 31.2 Å². The predicted octanol–water partition coefficient (Wildman–Crippen LogP) is 0.978. The van der Waals surface area contributed by atoms with Crippen LogP contribution in [0.5, 0.6) is 0 Å². The van der Waals surface area contributed by atoms with Crippen molar-refractivity contribution >= 4 is 11.0 Å². The molecule has 4 rings (SSSR count). The van der Waals surface area contributed by atoms with Crippen LogP contribution in [0.2, 0.25) is 0 Å². The molecule has 2 aromatic heterocycles. The van der Waals surface area contributed by atoms with E-state index in [0.29, 0.717) is 6.54 Å². The number of furan rings is 1. The fourth-order valence-electron chi connectivity index (χ4n) is 2.72. The number of hydrogen-bond acceptors (Lipinski definition) is 7. The highest BCUT2D eigenvalue weighted by Crippen LogP contribution is 2.22. The lowest BCUT2D eigenvalue weighted by molar-refractivity contribution is -1.92. The molecule has 0 bridgehead atoms. The third-order valence-corrected chi connectivity index (χ3v) is 3.94. The summed E-state index contributed by atoms with van der Waals surface area (Å²) < 4.78 is 44.2. The van der Waals surface area contributed by atoms with Gasteiger partial charge in [-0.3, -0.25) is 4.99 Å². The quantitative estimate of drug-likeness (QED) is 0.531. The summed E-state index contributed by atoms with van der Waals surface area (Å²) in [6, 6.07) is 22.0. The second-order valence-electron chi connectivity index (χ2n) is 6.15. The Hall–Kier alpha value is -2.94. The van der Waals surface area contributed by atoms with E-state index < -0.39 is 10.2 Å². The smallest absolute Gasteiger partial charge is 0.136 e. The van der Waals surface area contributed by atoms with Crippen molar-refractivity contribution in [3.05, 3.63) is 89.7 Å². The molecule has 0 amide bonds. The first-order valence-corrected chi connectivity index (χ1v) is 9.82. The Kier molecular flexibility index (Phi) is 6.48. The molecule has 4 aromatic rings. The van der Waals surface area contributed by atoms with Gasteiger partial charge in [0.15, 0.2) is 0 Å². The summed E-state index contributed by atoms with van der Waals surface area (Å²) in [6.45, 7) is 2.58. The Morgan fingerprint density at radius 1 is 0.966 bits per heavy atom. The maximum atomic E-state index is 8.60. The molecule has 0 aliphatic rings. The summed E-state index contributed by atoms with van der Waals surface area (Å²) in [4.78, 5) is 4.75. The number of fused-ring (bicyclic) bond motifs is 1. The SMILES string of the molecule is Cc1ccc2oc(-c3ccccc3)cc(=NCc3ccco3)c2c1.[O-][Cl+3]([O-])([O-])O. The van der Waals surface area contributed by atoms with Crippen molar-refractivity contribution in [2.24, 2.45) is 4.99 Å². The number of rotatable bonds is 3. The highest BCUT2D eigenvalue weighted by molar-refractivity contribution is 5.79. The lowest BCUT2D eigenvalue weighted by Crippen LogP contribution is -2.58. The third-order valence-electron chi connectivity index (χ3n) is 3.94. The van der Waals surface area contributed by atoms with Crippen molar-refractivity contribution in [1.29, 1.82) is 0 Å². The van der Waals surface area contributed by atoms with Crippen LogP contribution >= 0.6 is 0 Å². The number of aryl methyl sites for hydroxylation is 1. The van der Waals surface area contributed by atoms with Crippen LogP contribution in [0.15, 0.2) is 86.8 Å². The number of benzene rings is 2. The van der Waals surface area contributed by atoms with Gasteiger partial charge in [0.2, 0.25) is 0 Å². The molecule has 0 aliphatic carbocycles. The Morgan fingerprint density at radius 2 is 1.69 bits per heavy atom. The van der Waals surface area contributed by atoms with Crippen LogP contribution in [-0.4, -0.2) is 4.66 Å². The highest BCUT2D eigenvalue weighted by atomic mass is 35.7. The second kappa shape index (κ2) is 9.04. The fraction of sp³-hybridized carbons (Fsp3) is 0.0952. The summed E-state index contributed by atoms with van der Waals surface area (Å²) >= 11 is 0.